The quantitative estimate of drug-likeness (QED) is 0.649. The molecule has 2 rings (SSSR count). The van der Waals surface area contributed by atoms with Gasteiger partial charge in [0.1, 0.15) is 0 Å². The Morgan fingerprint density at radius 1 is 1.42 bits per heavy atom. The van der Waals surface area contributed by atoms with Gasteiger partial charge in [0.05, 0.1) is 0 Å². The summed E-state index contributed by atoms with van der Waals surface area (Å²) in [4.78, 5) is 0. The van der Waals surface area contributed by atoms with Gasteiger partial charge < -0.3 is 10.6 Å². The molecule has 1 aliphatic heterocycles. The van der Waals surface area contributed by atoms with E-state index < -0.39 is 0 Å². The lowest BCUT2D eigenvalue weighted by Gasteiger charge is -2.25. The average molecular weight is 162 g/mol. The van der Waals surface area contributed by atoms with Gasteiger partial charge in [0.2, 0.25) is 0 Å². The van der Waals surface area contributed by atoms with E-state index in [1.807, 2.05) is 7.05 Å². The Kier molecular flexibility index (Phi) is 2.00. The monoisotopic (exact) mass is 162 g/mol. The van der Waals surface area contributed by atoms with Crippen molar-refractivity contribution in [3.8, 4) is 0 Å². The van der Waals surface area contributed by atoms with E-state index in [0.717, 1.165) is 13.0 Å². The van der Waals surface area contributed by atoms with Gasteiger partial charge in [-0.05, 0) is 25.1 Å². The highest BCUT2D eigenvalue weighted by Crippen LogP contribution is 2.20. The van der Waals surface area contributed by atoms with E-state index in [9.17, 15) is 0 Å². The van der Waals surface area contributed by atoms with E-state index >= 15 is 0 Å². The van der Waals surface area contributed by atoms with Gasteiger partial charge in [-0.15, -0.1) is 0 Å². The molecule has 1 heterocycles. The molecule has 1 aliphatic rings. The van der Waals surface area contributed by atoms with Crippen molar-refractivity contribution < 1.29 is 0 Å². The van der Waals surface area contributed by atoms with Crippen LogP contribution in [0.1, 0.15) is 5.56 Å². The minimum atomic E-state index is 0.583. The van der Waals surface area contributed by atoms with Gasteiger partial charge in [0, 0.05) is 18.3 Å². The fourth-order valence-electron chi connectivity index (χ4n) is 1.65. The molecule has 2 heteroatoms. The highest BCUT2D eigenvalue weighted by Gasteiger charge is 2.14. The van der Waals surface area contributed by atoms with Gasteiger partial charge >= 0.3 is 0 Å². The molecule has 1 atom stereocenters. The molecule has 0 radical (unpaired) electrons. The molecule has 0 fully saturated rings. The second kappa shape index (κ2) is 3.15. The fraction of sp³-hybridized carbons (Fsp3) is 0.400. The molecular weight excluding hydrogens is 148 g/mol. The number of para-hydroxylation sites is 1. The van der Waals surface area contributed by atoms with Crippen LogP contribution in [0.15, 0.2) is 24.3 Å². The summed E-state index contributed by atoms with van der Waals surface area (Å²) in [5.41, 5.74) is 2.71. The lowest BCUT2D eigenvalue weighted by atomic mass is 10.0. The second-order valence-corrected chi connectivity index (χ2v) is 3.23. The van der Waals surface area contributed by atoms with Crippen LogP contribution >= 0.6 is 0 Å². The largest absolute Gasteiger partial charge is 0.383 e. The fourth-order valence-corrected chi connectivity index (χ4v) is 1.65. The Morgan fingerprint density at radius 3 is 3.08 bits per heavy atom. The summed E-state index contributed by atoms with van der Waals surface area (Å²) < 4.78 is 0. The minimum Gasteiger partial charge on any atom is -0.383 e. The van der Waals surface area contributed by atoms with Crippen molar-refractivity contribution in [1.29, 1.82) is 0 Å². The van der Waals surface area contributed by atoms with Crippen molar-refractivity contribution in [2.24, 2.45) is 0 Å². The highest BCUT2D eigenvalue weighted by molar-refractivity contribution is 5.53. The first kappa shape index (κ1) is 7.62. The Balaban J connectivity index is 2.23. The molecule has 0 saturated carbocycles. The summed E-state index contributed by atoms with van der Waals surface area (Å²) in [6.45, 7) is 1.04. The molecule has 1 aromatic carbocycles. The Labute approximate surface area is 73.0 Å². The van der Waals surface area contributed by atoms with Gasteiger partial charge in [-0.3, -0.25) is 0 Å². The molecule has 0 saturated heterocycles. The maximum absolute atomic E-state index is 3.40. The van der Waals surface area contributed by atoms with Gasteiger partial charge in [0.25, 0.3) is 0 Å². The van der Waals surface area contributed by atoms with E-state index in [-0.39, 0.29) is 0 Å². The van der Waals surface area contributed by atoms with Crippen molar-refractivity contribution in [3.05, 3.63) is 29.8 Å². The van der Waals surface area contributed by atoms with Crippen LogP contribution in [0.3, 0.4) is 0 Å². The van der Waals surface area contributed by atoms with Crippen LogP contribution in [0, 0.1) is 0 Å². The van der Waals surface area contributed by atoms with Crippen molar-refractivity contribution in [1.82, 2.24) is 5.32 Å². The topological polar surface area (TPSA) is 24.1 Å². The summed E-state index contributed by atoms with van der Waals surface area (Å²) in [7, 11) is 2.01. The van der Waals surface area contributed by atoms with Crippen LogP contribution in [0.25, 0.3) is 0 Å². The predicted octanol–water partition coefficient (Wildman–Crippen LogP) is 1.24. The van der Waals surface area contributed by atoms with Crippen LogP contribution in [0.5, 0.6) is 0 Å². The molecule has 0 amide bonds. The third kappa shape index (κ3) is 1.30. The maximum Gasteiger partial charge on any atom is 0.0373 e. The summed E-state index contributed by atoms with van der Waals surface area (Å²) >= 11 is 0. The molecule has 2 nitrogen and oxygen atoms in total. The molecule has 64 valence electrons. The predicted molar refractivity (Wildman–Crippen MR) is 51.5 cm³/mol. The van der Waals surface area contributed by atoms with Crippen molar-refractivity contribution in [3.63, 3.8) is 0 Å². The summed E-state index contributed by atoms with van der Waals surface area (Å²) in [5, 5.41) is 6.68. The molecule has 0 spiro atoms. The zero-order valence-electron chi connectivity index (χ0n) is 7.30. The SMILES string of the molecule is CN[C@@H]1CNc2ccccc2C1. The number of nitrogens with one attached hydrogen (secondary N) is 2. The molecule has 1 aromatic rings. The second-order valence-electron chi connectivity index (χ2n) is 3.23. The van der Waals surface area contributed by atoms with E-state index in [0.29, 0.717) is 6.04 Å². The third-order valence-electron chi connectivity index (χ3n) is 2.43. The zero-order valence-corrected chi connectivity index (χ0v) is 7.30. The van der Waals surface area contributed by atoms with Gasteiger partial charge in [-0.2, -0.15) is 0 Å². The van der Waals surface area contributed by atoms with Crippen LogP contribution in [0.4, 0.5) is 5.69 Å². The normalized spacial score (nSPS) is 21.2. The summed E-state index contributed by atoms with van der Waals surface area (Å²) in [6, 6.07) is 9.08. The van der Waals surface area contributed by atoms with Crippen molar-refractivity contribution in [2.75, 3.05) is 18.9 Å². The zero-order chi connectivity index (χ0) is 8.39. The van der Waals surface area contributed by atoms with E-state index in [2.05, 4.69) is 34.9 Å². The molecular formula is C10H14N2. The van der Waals surface area contributed by atoms with E-state index in [1.54, 1.807) is 0 Å². The van der Waals surface area contributed by atoms with Gasteiger partial charge in [-0.25, -0.2) is 0 Å². The van der Waals surface area contributed by atoms with Gasteiger partial charge in [-0.1, -0.05) is 18.2 Å². The van der Waals surface area contributed by atoms with Crippen LogP contribution in [-0.4, -0.2) is 19.6 Å². The van der Waals surface area contributed by atoms with E-state index in [1.165, 1.54) is 11.3 Å². The Morgan fingerprint density at radius 2 is 2.25 bits per heavy atom. The maximum atomic E-state index is 3.40. The lowest BCUT2D eigenvalue weighted by Crippen LogP contribution is -2.37. The first-order valence-corrected chi connectivity index (χ1v) is 4.39. The smallest absolute Gasteiger partial charge is 0.0373 e. The van der Waals surface area contributed by atoms with Crippen LogP contribution < -0.4 is 10.6 Å². The Bertz CT molecular complexity index is 270. The third-order valence-corrected chi connectivity index (χ3v) is 2.43. The molecule has 0 unspecified atom stereocenters. The number of likely N-dealkylation sites (N-methyl/N-ethyl adjacent to an activating group) is 1. The summed E-state index contributed by atoms with van der Waals surface area (Å²) in [5.74, 6) is 0. The number of rotatable bonds is 1. The van der Waals surface area contributed by atoms with E-state index in [4.69, 9.17) is 0 Å². The van der Waals surface area contributed by atoms with Crippen LogP contribution in [-0.2, 0) is 6.42 Å². The van der Waals surface area contributed by atoms with Gasteiger partial charge in [0.15, 0.2) is 0 Å². The number of anilines is 1. The summed E-state index contributed by atoms with van der Waals surface area (Å²) in [6.07, 6.45) is 1.14. The minimum absolute atomic E-state index is 0.583. The average Bonchev–Trinajstić information content (AvgIpc) is 2.17. The molecule has 2 N–H and O–H groups in total. The first-order chi connectivity index (χ1) is 5.90. The Hall–Kier alpha value is -1.02. The lowest BCUT2D eigenvalue weighted by molar-refractivity contribution is 0.570. The highest BCUT2D eigenvalue weighted by atomic mass is 15.0. The van der Waals surface area contributed by atoms with Crippen LogP contribution in [0.2, 0.25) is 0 Å². The van der Waals surface area contributed by atoms with Crippen molar-refractivity contribution >= 4 is 5.69 Å². The number of hydrogen-bond donors (Lipinski definition) is 2. The molecule has 0 aromatic heterocycles. The number of benzene rings is 1. The number of fused-ring (bicyclic) bond motifs is 1. The molecule has 0 aliphatic carbocycles. The number of hydrogen-bond acceptors (Lipinski definition) is 2. The molecule has 12 heavy (non-hydrogen) atoms. The van der Waals surface area contributed by atoms with Crippen molar-refractivity contribution in [2.45, 2.75) is 12.5 Å². The first-order valence-electron chi connectivity index (χ1n) is 4.39. The molecule has 0 bridgehead atoms. The standard InChI is InChI=1S/C10H14N2/c1-11-9-6-8-4-2-3-5-10(8)12-7-9/h2-5,9,11-12H,6-7H2,1H3/t9-/m0/s1.